The van der Waals surface area contributed by atoms with Crippen LogP contribution in [0.2, 0.25) is 0 Å². The summed E-state index contributed by atoms with van der Waals surface area (Å²) in [6.45, 7) is 10.0. The Bertz CT molecular complexity index is 482. The molecule has 8 fully saturated rings. The summed E-state index contributed by atoms with van der Waals surface area (Å²) in [5.41, 5.74) is 1.46. The van der Waals surface area contributed by atoms with Crippen molar-refractivity contribution in [1.29, 1.82) is 0 Å². The lowest BCUT2D eigenvalue weighted by molar-refractivity contribution is -0.103. The summed E-state index contributed by atoms with van der Waals surface area (Å²) in [7, 11) is 0. The highest BCUT2D eigenvalue weighted by molar-refractivity contribution is 5.04. The fourth-order valence-electron chi connectivity index (χ4n) is 9.63. The van der Waals surface area contributed by atoms with Gasteiger partial charge in [-0.2, -0.15) is 0 Å². The predicted molar refractivity (Wildman–Crippen MR) is 116 cm³/mol. The highest BCUT2D eigenvalue weighted by Crippen LogP contribution is 2.64. The zero-order valence-corrected chi connectivity index (χ0v) is 18.8. The maximum atomic E-state index is 2.63. The van der Waals surface area contributed by atoms with E-state index in [-0.39, 0.29) is 0 Å². The van der Waals surface area contributed by atoms with Crippen LogP contribution in [0.15, 0.2) is 0 Å². The molecule has 0 saturated heterocycles. The van der Waals surface area contributed by atoms with Gasteiger partial charge < -0.3 is 0 Å². The molecular weight excluding hydrogens is 324 g/mol. The van der Waals surface area contributed by atoms with Gasteiger partial charge in [-0.1, -0.05) is 40.5 Å². The molecule has 27 heavy (non-hydrogen) atoms. The Balaban J connectivity index is 0.000000121. The van der Waals surface area contributed by atoms with Crippen molar-refractivity contribution in [3.8, 4) is 0 Å². The zero-order valence-electron chi connectivity index (χ0n) is 18.8. The molecule has 8 saturated carbocycles. The quantitative estimate of drug-likeness (QED) is 0.470. The minimum atomic E-state index is 0.702. The average Bonchev–Trinajstić information content (AvgIpc) is 2.62. The lowest BCUT2D eigenvalue weighted by Gasteiger charge is -2.60. The second kappa shape index (κ2) is 6.77. The van der Waals surface area contributed by atoms with Crippen molar-refractivity contribution in [1.82, 2.24) is 0 Å². The van der Waals surface area contributed by atoms with Gasteiger partial charge in [0.1, 0.15) is 0 Å². The van der Waals surface area contributed by atoms with E-state index in [1.807, 2.05) is 0 Å². The molecule has 0 aromatic carbocycles. The molecule has 0 aromatic rings. The molecule has 8 aliphatic rings. The Morgan fingerprint density at radius 2 is 0.926 bits per heavy atom. The van der Waals surface area contributed by atoms with Crippen LogP contribution in [0.1, 0.15) is 111 Å². The number of hydrogen-bond donors (Lipinski definition) is 0. The molecule has 0 heteroatoms. The van der Waals surface area contributed by atoms with E-state index in [2.05, 4.69) is 27.7 Å². The van der Waals surface area contributed by atoms with Crippen molar-refractivity contribution in [2.24, 2.45) is 58.2 Å². The Morgan fingerprint density at radius 3 is 1.30 bits per heavy atom. The van der Waals surface area contributed by atoms with Gasteiger partial charge in [0.2, 0.25) is 0 Å². The first-order chi connectivity index (χ1) is 12.9. The van der Waals surface area contributed by atoms with E-state index in [1.165, 1.54) is 19.3 Å². The third-order valence-electron chi connectivity index (χ3n) is 11.3. The van der Waals surface area contributed by atoms with Crippen LogP contribution in [0.5, 0.6) is 0 Å². The van der Waals surface area contributed by atoms with Crippen molar-refractivity contribution >= 4 is 0 Å². The molecule has 8 rings (SSSR count). The molecule has 0 aromatic heterocycles. The molecule has 0 N–H and O–H groups in total. The fraction of sp³-hybridized carbons (Fsp3) is 1.00. The monoisotopic (exact) mass is 370 g/mol. The molecule has 0 spiro atoms. The van der Waals surface area contributed by atoms with Crippen LogP contribution in [-0.2, 0) is 0 Å². The molecule has 8 aliphatic carbocycles. The van der Waals surface area contributed by atoms with Gasteiger partial charge >= 0.3 is 0 Å². The van der Waals surface area contributed by atoms with Gasteiger partial charge in [-0.3, -0.25) is 0 Å². The third kappa shape index (κ3) is 3.15. The van der Waals surface area contributed by atoms with Gasteiger partial charge in [-0.15, -0.1) is 0 Å². The van der Waals surface area contributed by atoms with Crippen LogP contribution < -0.4 is 0 Å². The van der Waals surface area contributed by atoms with E-state index >= 15 is 0 Å². The van der Waals surface area contributed by atoms with E-state index in [0.29, 0.717) is 5.41 Å². The van der Waals surface area contributed by atoms with Crippen LogP contribution >= 0.6 is 0 Å². The van der Waals surface area contributed by atoms with Crippen LogP contribution in [-0.4, -0.2) is 0 Å². The molecule has 0 nitrogen and oxygen atoms in total. The van der Waals surface area contributed by atoms with Crippen molar-refractivity contribution < 1.29 is 0 Å². The lowest BCUT2D eigenvalue weighted by atomic mass is 9.45. The van der Waals surface area contributed by atoms with Gasteiger partial charge in [0.15, 0.2) is 0 Å². The first-order valence-electron chi connectivity index (χ1n) is 12.9. The van der Waals surface area contributed by atoms with E-state index in [4.69, 9.17) is 0 Å². The summed E-state index contributed by atoms with van der Waals surface area (Å²) in [5, 5.41) is 0. The maximum absolute atomic E-state index is 2.63. The highest BCUT2D eigenvalue weighted by atomic mass is 14.6. The molecule has 154 valence electrons. The van der Waals surface area contributed by atoms with Gasteiger partial charge in [0.05, 0.1) is 0 Å². The van der Waals surface area contributed by atoms with E-state index in [1.54, 1.807) is 64.2 Å². The normalized spacial score (nSPS) is 53.3. The summed E-state index contributed by atoms with van der Waals surface area (Å²) in [6, 6.07) is 0. The van der Waals surface area contributed by atoms with Gasteiger partial charge in [0.25, 0.3) is 0 Å². The second-order valence-corrected chi connectivity index (χ2v) is 13.0. The fourth-order valence-corrected chi connectivity index (χ4v) is 9.63. The molecular formula is C27H46. The molecule has 0 radical (unpaired) electrons. The molecule has 8 bridgehead atoms. The van der Waals surface area contributed by atoms with Gasteiger partial charge in [-0.05, 0) is 129 Å². The van der Waals surface area contributed by atoms with E-state index < -0.39 is 0 Å². The summed E-state index contributed by atoms with van der Waals surface area (Å²) >= 11 is 0. The zero-order chi connectivity index (χ0) is 18.8. The van der Waals surface area contributed by atoms with Crippen molar-refractivity contribution in [3.63, 3.8) is 0 Å². The second-order valence-electron chi connectivity index (χ2n) is 13.0. The number of hydrogen-bond acceptors (Lipinski definition) is 0. The van der Waals surface area contributed by atoms with Crippen LogP contribution in [0, 0.1) is 58.2 Å². The first kappa shape index (κ1) is 19.0. The molecule has 0 atom stereocenters. The molecule has 0 heterocycles. The minimum absolute atomic E-state index is 0.702. The molecule has 0 unspecified atom stereocenters. The number of rotatable bonds is 3. The van der Waals surface area contributed by atoms with Crippen molar-refractivity contribution in [2.45, 2.75) is 111 Å². The summed E-state index contributed by atoms with van der Waals surface area (Å²) < 4.78 is 0. The van der Waals surface area contributed by atoms with Crippen molar-refractivity contribution in [3.05, 3.63) is 0 Å². The van der Waals surface area contributed by atoms with Gasteiger partial charge in [-0.25, -0.2) is 0 Å². The predicted octanol–water partition coefficient (Wildman–Crippen LogP) is 8.11. The topological polar surface area (TPSA) is 0 Å². The highest BCUT2D eigenvalue weighted by Gasteiger charge is 2.54. The largest absolute Gasteiger partial charge is 0.0654 e. The maximum Gasteiger partial charge on any atom is -0.0269 e. The Hall–Kier alpha value is 0. The van der Waals surface area contributed by atoms with Gasteiger partial charge in [0, 0.05) is 0 Å². The van der Waals surface area contributed by atoms with E-state index in [9.17, 15) is 0 Å². The average molecular weight is 371 g/mol. The molecule has 0 amide bonds. The summed E-state index contributed by atoms with van der Waals surface area (Å²) in [6.07, 6.45) is 20.2. The Kier molecular flexibility index (Phi) is 4.76. The lowest BCUT2D eigenvalue weighted by Crippen LogP contribution is -2.51. The Labute approximate surface area is 169 Å². The first-order valence-corrected chi connectivity index (χ1v) is 12.9. The number of unbranched alkanes of at least 4 members (excludes halogenated alkanes) is 1. The van der Waals surface area contributed by atoms with Crippen LogP contribution in [0.4, 0.5) is 0 Å². The summed E-state index contributed by atoms with van der Waals surface area (Å²) in [4.78, 5) is 0. The molecule has 0 aliphatic heterocycles. The minimum Gasteiger partial charge on any atom is -0.0654 e. The van der Waals surface area contributed by atoms with Crippen molar-refractivity contribution in [2.75, 3.05) is 0 Å². The van der Waals surface area contributed by atoms with Crippen LogP contribution in [0.3, 0.4) is 0 Å². The smallest absolute Gasteiger partial charge is 0.0269 e. The van der Waals surface area contributed by atoms with E-state index in [0.717, 1.165) is 52.8 Å². The SMILES string of the molecule is CC1(C)C2CC3CC(C2)CC1C3.CCCCC1(C)C2CC3CC(C2)CC1C3. The Morgan fingerprint density at radius 1 is 0.556 bits per heavy atom. The third-order valence-corrected chi connectivity index (χ3v) is 11.3. The summed E-state index contributed by atoms with van der Waals surface area (Å²) in [5.74, 6) is 8.97. The standard InChI is InChI=1S/C15H26.C12H20/c1-3-4-5-15(2)13-7-11-6-12(9-13)10-14(15)8-11;1-12(2)10-4-8-3-9(6-10)7-11(12)5-8/h11-14H,3-10H2,1-2H3;8-11H,3-7H2,1-2H3. The van der Waals surface area contributed by atoms with Crippen LogP contribution in [0.25, 0.3) is 0 Å².